The van der Waals surface area contributed by atoms with E-state index in [4.69, 9.17) is 5.11 Å². The van der Waals surface area contributed by atoms with Gasteiger partial charge in [-0.05, 0) is 25.0 Å². The molecule has 0 aromatic carbocycles. The molecule has 0 atom stereocenters. The number of carboxylic acids is 1. The van der Waals surface area contributed by atoms with Crippen LogP contribution in [0.15, 0.2) is 24.7 Å². The van der Waals surface area contributed by atoms with Crippen LogP contribution in [-0.2, 0) is 6.54 Å². The van der Waals surface area contributed by atoms with Gasteiger partial charge in [-0.1, -0.05) is 0 Å². The van der Waals surface area contributed by atoms with Gasteiger partial charge in [0.2, 0.25) is 0 Å². The van der Waals surface area contributed by atoms with Crippen molar-refractivity contribution < 1.29 is 9.90 Å². The molecule has 0 saturated heterocycles. The van der Waals surface area contributed by atoms with Crippen LogP contribution >= 0.6 is 0 Å². The standard InChI is InChI=1S/C14H14N6O2/c21-14(22)11-5-8(18-19-11)6-15-12-10-3-4-20(9-1-2-9)13(10)17-7-16-12/h3-5,7,9H,1-2,6H2,(H,18,19)(H,21,22)(H,15,16,17). The van der Waals surface area contributed by atoms with Gasteiger partial charge in [-0.25, -0.2) is 14.8 Å². The predicted octanol–water partition coefficient (Wildman–Crippen LogP) is 1.80. The molecule has 3 aromatic rings. The van der Waals surface area contributed by atoms with Crippen LogP contribution in [0.1, 0.15) is 35.1 Å². The van der Waals surface area contributed by atoms with Crippen LogP contribution in [0.2, 0.25) is 0 Å². The summed E-state index contributed by atoms with van der Waals surface area (Å²) in [6.07, 6.45) is 5.98. The molecule has 0 amide bonds. The maximum atomic E-state index is 10.8. The van der Waals surface area contributed by atoms with Crippen molar-refractivity contribution in [3.8, 4) is 0 Å². The van der Waals surface area contributed by atoms with Gasteiger partial charge in [0.1, 0.15) is 17.8 Å². The predicted molar refractivity (Wildman–Crippen MR) is 78.7 cm³/mol. The third-order valence-corrected chi connectivity index (χ3v) is 3.75. The van der Waals surface area contributed by atoms with Crippen molar-refractivity contribution in [3.63, 3.8) is 0 Å². The fourth-order valence-corrected chi connectivity index (χ4v) is 2.50. The minimum atomic E-state index is -1.05. The normalized spacial score (nSPS) is 14.4. The van der Waals surface area contributed by atoms with Gasteiger partial charge in [0.15, 0.2) is 5.69 Å². The van der Waals surface area contributed by atoms with Crippen molar-refractivity contribution in [2.24, 2.45) is 0 Å². The first-order chi connectivity index (χ1) is 10.7. The number of aromatic nitrogens is 5. The maximum absolute atomic E-state index is 10.8. The van der Waals surface area contributed by atoms with Gasteiger partial charge in [-0.3, -0.25) is 5.10 Å². The minimum absolute atomic E-state index is 0.00419. The molecule has 8 heteroatoms. The van der Waals surface area contributed by atoms with Crippen molar-refractivity contribution in [2.45, 2.75) is 25.4 Å². The highest BCUT2D eigenvalue weighted by Gasteiger charge is 2.25. The van der Waals surface area contributed by atoms with E-state index in [-0.39, 0.29) is 5.69 Å². The van der Waals surface area contributed by atoms with Gasteiger partial charge in [-0.2, -0.15) is 5.10 Å². The summed E-state index contributed by atoms with van der Waals surface area (Å²) in [6, 6.07) is 4.07. The molecule has 22 heavy (non-hydrogen) atoms. The zero-order valence-corrected chi connectivity index (χ0v) is 11.7. The molecule has 0 spiro atoms. The Kier molecular flexibility index (Phi) is 2.81. The molecule has 1 aliphatic carbocycles. The number of nitrogens with one attached hydrogen (secondary N) is 2. The van der Waals surface area contributed by atoms with E-state index in [0.717, 1.165) is 16.9 Å². The average molecular weight is 298 g/mol. The van der Waals surface area contributed by atoms with Gasteiger partial charge in [0.05, 0.1) is 17.6 Å². The van der Waals surface area contributed by atoms with Crippen molar-refractivity contribution in [1.82, 2.24) is 24.7 Å². The van der Waals surface area contributed by atoms with Crippen LogP contribution < -0.4 is 5.32 Å². The molecule has 0 radical (unpaired) electrons. The fraction of sp³-hybridized carbons (Fsp3) is 0.286. The lowest BCUT2D eigenvalue weighted by atomic mass is 10.3. The lowest BCUT2D eigenvalue weighted by Crippen LogP contribution is -2.03. The molecule has 8 nitrogen and oxygen atoms in total. The summed E-state index contributed by atoms with van der Waals surface area (Å²) in [7, 11) is 0. The van der Waals surface area contributed by atoms with E-state index in [2.05, 4.69) is 30.0 Å². The van der Waals surface area contributed by atoms with Crippen LogP contribution in [0.4, 0.5) is 5.82 Å². The molecular formula is C14H14N6O2. The van der Waals surface area contributed by atoms with Crippen molar-refractivity contribution >= 4 is 22.8 Å². The molecule has 3 heterocycles. The van der Waals surface area contributed by atoms with Gasteiger partial charge >= 0.3 is 5.97 Å². The highest BCUT2D eigenvalue weighted by molar-refractivity contribution is 5.87. The number of carboxylic acid groups (broad SMARTS) is 1. The Hall–Kier alpha value is -2.90. The number of hydrogen-bond donors (Lipinski definition) is 3. The SMILES string of the molecule is O=C(O)c1cc(CNc2ncnc3c2ccn3C2CC2)[nH]n1. The summed E-state index contributed by atoms with van der Waals surface area (Å²) in [5.74, 6) is -0.315. The maximum Gasteiger partial charge on any atom is 0.356 e. The number of anilines is 1. The highest BCUT2D eigenvalue weighted by Crippen LogP contribution is 2.37. The quantitative estimate of drug-likeness (QED) is 0.662. The van der Waals surface area contributed by atoms with Crippen LogP contribution in [0.5, 0.6) is 0 Å². The molecule has 1 saturated carbocycles. The van der Waals surface area contributed by atoms with E-state index in [1.807, 2.05) is 12.3 Å². The van der Waals surface area contributed by atoms with Crippen molar-refractivity contribution in [1.29, 1.82) is 0 Å². The molecule has 1 fully saturated rings. The first-order valence-electron chi connectivity index (χ1n) is 7.05. The fourth-order valence-electron chi connectivity index (χ4n) is 2.50. The van der Waals surface area contributed by atoms with E-state index in [9.17, 15) is 4.79 Å². The van der Waals surface area contributed by atoms with E-state index >= 15 is 0 Å². The van der Waals surface area contributed by atoms with E-state index in [1.54, 1.807) is 6.33 Å². The lowest BCUT2D eigenvalue weighted by Gasteiger charge is -2.06. The summed E-state index contributed by atoms with van der Waals surface area (Å²) < 4.78 is 2.18. The Morgan fingerprint density at radius 3 is 3.05 bits per heavy atom. The first-order valence-corrected chi connectivity index (χ1v) is 7.05. The molecule has 3 N–H and O–H groups in total. The summed E-state index contributed by atoms with van der Waals surface area (Å²) in [5, 5.41) is 19.4. The number of nitrogens with zero attached hydrogens (tertiary/aromatic N) is 4. The lowest BCUT2D eigenvalue weighted by molar-refractivity contribution is 0.0690. The number of rotatable bonds is 5. The Labute approximate surface area is 125 Å². The third-order valence-electron chi connectivity index (χ3n) is 3.75. The third kappa shape index (κ3) is 2.18. The summed E-state index contributed by atoms with van der Waals surface area (Å²) in [6.45, 7) is 0.418. The summed E-state index contributed by atoms with van der Waals surface area (Å²) in [5.41, 5.74) is 1.62. The molecule has 1 aliphatic rings. The largest absolute Gasteiger partial charge is 0.476 e. The first kappa shape index (κ1) is 12.8. The van der Waals surface area contributed by atoms with Gasteiger partial charge in [0, 0.05) is 12.2 Å². The number of aromatic carboxylic acids is 1. The van der Waals surface area contributed by atoms with E-state index < -0.39 is 5.97 Å². The monoisotopic (exact) mass is 298 g/mol. The van der Waals surface area contributed by atoms with Crippen LogP contribution in [0, 0.1) is 0 Å². The second kappa shape index (κ2) is 4.83. The van der Waals surface area contributed by atoms with Crippen LogP contribution in [0.25, 0.3) is 11.0 Å². The molecule has 3 aromatic heterocycles. The van der Waals surface area contributed by atoms with Crippen LogP contribution in [-0.4, -0.2) is 35.8 Å². The Bertz CT molecular complexity index is 848. The van der Waals surface area contributed by atoms with E-state index in [0.29, 0.717) is 18.3 Å². The second-order valence-corrected chi connectivity index (χ2v) is 5.35. The number of H-pyrrole nitrogens is 1. The average Bonchev–Trinajstić information content (AvgIpc) is 3.09. The van der Waals surface area contributed by atoms with Crippen LogP contribution in [0.3, 0.4) is 0 Å². The Morgan fingerprint density at radius 1 is 1.45 bits per heavy atom. The van der Waals surface area contributed by atoms with Gasteiger partial charge in [0.25, 0.3) is 0 Å². The molecular weight excluding hydrogens is 284 g/mol. The minimum Gasteiger partial charge on any atom is -0.476 e. The number of carbonyl (C=O) groups is 1. The van der Waals surface area contributed by atoms with Gasteiger partial charge in [-0.15, -0.1) is 0 Å². The molecule has 0 bridgehead atoms. The molecule has 0 unspecified atom stereocenters. The summed E-state index contributed by atoms with van der Waals surface area (Å²) >= 11 is 0. The number of fused-ring (bicyclic) bond motifs is 1. The van der Waals surface area contributed by atoms with Gasteiger partial charge < -0.3 is 15.0 Å². The Balaban J connectivity index is 1.57. The van der Waals surface area contributed by atoms with E-state index in [1.165, 1.54) is 18.9 Å². The zero-order valence-electron chi connectivity index (χ0n) is 11.7. The second-order valence-electron chi connectivity index (χ2n) is 5.35. The smallest absolute Gasteiger partial charge is 0.356 e. The molecule has 0 aliphatic heterocycles. The molecule has 112 valence electrons. The summed E-state index contributed by atoms with van der Waals surface area (Å²) in [4.78, 5) is 19.4. The topological polar surface area (TPSA) is 109 Å². The Morgan fingerprint density at radius 2 is 2.32 bits per heavy atom. The highest BCUT2D eigenvalue weighted by atomic mass is 16.4. The number of hydrogen-bond acceptors (Lipinski definition) is 5. The van der Waals surface area contributed by atoms with Crippen molar-refractivity contribution in [2.75, 3.05) is 5.32 Å². The molecule has 4 rings (SSSR count). The number of aromatic amines is 1. The zero-order chi connectivity index (χ0) is 15.1. The van der Waals surface area contributed by atoms with Crippen molar-refractivity contribution in [3.05, 3.63) is 36.0 Å².